The molecule has 1 fully saturated rings. The molecule has 0 aliphatic carbocycles. The molecule has 2 atom stereocenters. The molecule has 2 aromatic rings. The van der Waals surface area contributed by atoms with Gasteiger partial charge in [0.15, 0.2) is 15.0 Å². The maximum Gasteiger partial charge on any atom is 0.244 e. The Morgan fingerprint density at radius 2 is 2.10 bits per heavy atom. The van der Waals surface area contributed by atoms with Gasteiger partial charge in [0.25, 0.3) is 0 Å². The van der Waals surface area contributed by atoms with Crippen LogP contribution in [-0.2, 0) is 14.6 Å². The molecule has 1 saturated heterocycles. The van der Waals surface area contributed by atoms with Crippen molar-refractivity contribution < 1.29 is 17.9 Å². The second kappa shape index (κ2) is 8.72. The molecule has 0 spiro atoms. The highest BCUT2D eigenvalue weighted by Gasteiger charge is 2.44. The number of fused-ring (bicyclic) bond motifs is 1. The molecule has 0 bridgehead atoms. The number of sulfone groups is 1. The monoisotopic (exact) mass is 479 g/mol. The van der Waals surface area contributed by atoms with Crippen LogP contribution in [0.1, 0.15) is 5.56 Å². The summed E-state index contributed by atoms with van der Waals surface area (Å²) >= 11 is 7.49. The molecule has 2 aromatic carbocycles. The van der Waals surface area contributed by atoms with E-state index in [4.69, 9.17) is 16.3 Å². The van der Waals surface area contributed by atoms with E-state index in [-0.39, 0.29) is 35.2 Å². The van der Waals surface area contributed by atoms with Crippen LogP contribution in [0.3, 0.4) is 0 Å². The fraction of sp³-hybridized carbons (Fsp3) is 0.333. The van der Waals surface area contributed by atoms with E-state index in [1.54, 1.807) is 18.2 Å². The maximum absolute atomic E-state index is 13.0. The van der Waals surface area contributed by atoms with E-state index in [9.17, 15) is 13.2 Å². The van der Waals surface area contributed by atoms with Gasteiger partial charge in [0.2, 0.25) is 5.91 Å². The van der Waals surface area contributed by atoms with Crippen LogP contribution in [-0.4, -0.2) is 55.9 Å². The first kappa shape index (κ1) is 22.0. The summed E-state index contributed by atoms with van der Waals surface area (Å²) in [5.74, 6) is 0.409. The van der Waals surface area contributed by atoms with Crippen LogP contribution in [0.5, 0.6) is 5.75 Å². The zero-order valence-corrected chi connectivity index (χ0v) is 19.4. The molecule has 4 rings (SSSR count). The number of hydrogen-bond acceptors (Lipinski definition) is 7. The largest absolute Gasteiger partial charge is 0.495 e. The first-order valence-electron chi connectivity index (χ1n) is 9.66. The summed E-state index contributed by atoms with van der Waals surface area (Å²) in [4.78, 5) is 19.4. The summed E-state index contributed by atoms with van der Waals surface area (Å²) in [6.45, 7) is 1.99. The molecule has 2 heterocycles. The molecule has 0 radical (unpaired) electrons. The van der Waals surface area contributed by atoms with Gasteiger partial charge in [0, 0.05) is 16.0 Å². The van der Waals surface area contributed by atoms with Crippen LogP contribution in [0.25, 0.3) is 0 Å². The van der Waals surface area contributed by atoms with Crippen LogP contribution in [0, 0.1) is 6.92 Å². The Morgan fingerprint density at radius 1 is 1.29 bits per heavy atom. The highest BCUT2D eigenvalue weighted by molar-refractivity contribution is 8.15. The zero-order valence-electron chi connectivity index (χ0n) is 17.0. The van der Waals surface area contributed by atoms with E-state index in [0.29, 0.717) is 21.6 Å². The fourth-order valence-corrected chi connectivity index (χ4v) is 7.60. The second-order valence-electron chi connectivity index (χ2n) is 7.53. The molecule has 2 aliphatic rings. The molecular weight excluding hydrogens is 458 g/mol. The third-order valence-electron chi connectivity index (χ3n) is 5.09. The topological polar surface area (TPSA) is 88.1 Å². The van der Waals surface area contributed by atoms with Crippen molar-refractivity contribution in [3.05, 3.63) is 53.1 Å². The first-order valence-corrected chi connectivity index (χ1v) is 12.7. The number of methoxy groups -OCH3 is 1. The van der Waals surface area contributed by atoms with Gasteiger partial charge in [-0.05, 0) is 42.8 Å². The van der Waals surface area contributed by atoms with Gasteiger partial charge in [-0.15, -0.1) is 0 Å². The number of nitrogens with zero attached hydrogens (tertiary/aromatic N) is 2. The lowest BCUT2D eigenvalue weighted by atomic mass is 10.2. The molecule has 0 aromatic heterocycles. The molecule has 0 saturated carbocycles. The Balaban J connectivity index is 1.59. The van der Waals surface area contributed by atoms with Crippen molar-refractivity contribution in [3.63, 3.8) is 0 Å². The number of hydrogen-bond donors (Lipinski definition) is 1. The van der Waals surface area contributed by atoms with Crippen molar-refractivity contribution in [3.8, 4) is 5.75 Å². The van der Waals surface area contributed by atoms with E-state index in [1.807, 2.05) is 36.1 Å². The molecular formula is C21H22ClN3O4S2. The van der Waals surface area contributed by atoms with Crippen LogP contribution >= 0.6 is 23.4 Å². The molecule has 164 valence electrons. The predicted molar refractivity (Wildman–Crippen MR) is 126 cm³/mol. The van der Waals surface area contributed by atoms with Crippen molar-refractivity contribution in [2.75, 3.05) is 35.4 Å². The number of benzene rings is 2. The number of thioether (sulfide) groups is 1. The molecule has 10 heteroatoms. The summed E-state index contributed by atoms with van der Waals surface area (Å²) in [5, 5.41) is 3.88. The number of nitrogens with one attached hydrogen (secondary N) is 1. The number of anilines is 2. The Hall–Kier alpha value is -2.23. The molecule has 1 N–H and O–H groups in total. The smallest absolute Gasteiger partial charge is 0.244 e. The third-order valence-corrected chi connectivity index (χ3v) is 8.57. The summed E-state index contributed by atoms with van der Waals surface area (Å²) < 4.78 is 29.1. The molecule has 31 heavy (non-hydrogen) atoms. The highest BCUT2D eigenvalue weighted by atomic mass is 35.5. The van der Waals surface area contributed by atoms with E-state index < -0.39 is 9.84 Å². The number of carbonyl (C=O) groups excluding carboxylic acids is 1. The second-order valence-corrected chi connectivity index (χ2v) is 11.3. The number of aliphatic imine (C=N–C) groups is 1. The van der Waals surface area contributed by atoms with Crippen molar-refractivity contribution in [1.29, 1.82) is 0 Å². The van der Waals surface area contributed by atoms with E-state index in [1.165, 1.54) is 18.9 Å². The minimum absolute atomic E-state index is 0.0111. The van der Waals surface area contributed by atoms with Crippen molar-refractivity contribution in [1.82, 2.24) is 0 Å². The standard InChI is InChI=1S/C21H22ClN3O4S2/c1-13-4-3-5-15(8-13)25(21-24-17-11-31(27,28)12-19(17)30-21)10-20(26)23-16-9-14(22)6-7-18(16)29-2/h3-9,17,19H,10-12H2,1-2H3,(H,23,26)/t17-,19+/m0/s1. The average Bonchev–Trinajstić information content (AvgIpc) is 3.19. The van der Waals surface area contributed by atoms with Gasteiger partial charge in [0.1, 0.15) is 12.3 Å². The van der Waals surface area contributed by atoms with Gasteiger partial charge in [-0.25, -0.2) is 8.42 Å². The number of amides is 1. The minimum Gasteiger partial charge on any atom is -0.495 e. The average molecular weight is 480 g/mol. The number of halogens is 1. The Kier molecular flexibility index (Phi) is 6.18. The molecule has 0 unspecified atom stereocenters. The highest BCUT2D eigenvalue weighted by Crippen LogP contribution is 2.37. The van der Waals surface area contributed by atoms with Crippen molar-refractivity contribution in [2.24, 2.45) is 4.99 Å². The fourth-order valence-electron chi connectivity index (χ4n) is 3.65. The van der Waals surface area contributed by atoms with Crippen LogP contribution in [0.15, 0.2) is 47.5 Å². The first-order chi connectivity index (χ1) is 14.7. The lowest BCUT2D eigenvalue weighted by Crippen LogP contribution is -2.36. The third kappa shape index (κ3) is 4.99. The number of rotatable bonds is 5. The summed E-state index contributed by atoms with van der Waals surface area (Å²) in [5.41, 5.74) is 2.35. The van der Waals surface area contributed by atoms with Crippen molar-refractivity contribution in [2.45, 2.75) is 18.2 Å². The van der Waals surface area contributed by atoms with Crippen LogP contribution in [0.2, 0.25) is 5.02 Å². The molecule has 2 aliphatic heterocycles. The lowest BCUT2D eigenvalue weighted by Gasteiger charge is -2.24. The SMILES string of the molecule is COc1ccc(Cl)cc1NC(=O)CN(C1=N[C@H]2CS(=O)(=O)C[C@H]2S1)c1cccc(C)c1. The Morgan fingerprint density at radius 3 is 2.81 bits per heavy atom. The zero-order chi connectivity index (χ0) is 22.2. The summed E-state index contributed by atoms with van der Waals surface area (Å²) in [6.07, 6.45) is 0. The van der Waals surface area contributed by atoms with Gasteiger partial charge >= 0.3 is 0 Å². The van der Waals surface area contributed by atoms with E-state index in [2.05, 4.69) is 10.3 Å². The van der Waals surface area contributed by atoms with Gasteiger partial charge < -0.3 is 15.0 Å². The number of carbonyl (C=O) groups is 1. The summed E-state index contributed by atoms with van der Waals surface area (Å²) in [6, 6.07) is 12.5. The van der Waals surface area contributed by atoms with E-state index in [0.717, 1.165) is 11.3 Å². The number of amidine groups is 1. The van der Waals surface area contributed by atoms with E-state index >= 15 is 0 Å². The normalized spacial score (nSPS) is 21.3. The molecule has 1 amide bonds. The van der Waals surface area contributed by atoms with Gasteiger partial charge in [-0.3, -0.25) is 9.79 Å². The lowest BCUT2D eigenvalue weighted by molar-refractivity contribution is -0.114. The van der Waals surface area contributed by atoms with Crippen LogP contribution < -0.4 is 15.0 Å². The maximum atomic E-state index is 13.0. The minimum atomic E-state index is -3.05. The Bertz CT molecular complexity index is 1150. The summed E-state index contributed by atoms with van der Waals surface area (Å²) in [7, 11) is -1.53. The molecule has 7 nitrogen and oxygen atoms in total. The number of aryl methyl sites for hydroxylation is 1. The van der Waals surface area contributed by atoms with Crippen molar-refractivity contribution >= 4 is 55.6 Å². The van der Waals surface area contributed by atoms with Gasteiger partial charge in [0.05, 0.1) is 30.3 Å². The number of ether oxygens (including phenoxy) is 1. The predicted octanol–water partition coefficient (Wildman–Crippen LogP) is 3.37. The van der Waals surface area contributed by atoms with Crippen LogP contribution in [0.4, 0.5) is 11.4 Å². The quantitative estimate of drug-likeness (QED) is 0.707. The van der Waals surface area contributed by atoms with Gasteiger partial charge in [-0.2, -0.15) is 0 Å². The Labute approximate surface area is 190 Å². The van der Waals surface area contributed by atoms with Gasteiger partial charge in [-0.1, -0.05) is 35.5 Å².